The van der Waals surface area contributed by atoms with Crippen LogP contribution in [0, 0.1) is 0 Å². The number of aromatic nitrogens is 2. The molecule has 0 spiro atoms. The second-order valence-electron chi connectivity index (χ2n) is 3.57. The lowest BCUT2D eigenvalue weighted by Gasteiger charge is -2.21. The van der Waals surface area contributed by atoms with E-state index in [0.29, 0.717) is 18.2 Å². The zero-order chi connectivity index (χ0) is 11.4. The maximum Gasteiger partial charge on any atom is 0.316 e. The summed E-state index contributed by atoms with van der Waals surface area (Å²) in [4.78, 5) is 11.4. The Morgan fingerprint density at radius 3 is 3.19 bits per heavy atom. The van der Waals surface area contributed by atoms with Crippen molar-refractivity contribution in [2.75, 3.05) is 17.7 Å². The molecular weight excluding hydrogens is 232 g/mol. The largest absolute Gasteiger partial charge is 0.408 e. The number of hydrogen-bond donors (Lipinski definition) is 2. The van der Waals surface area contributed by atoms with Gasteiger partial charge in [-0.15, -0.1) is 16.7 Å². The van der Waals surface area contributed by atoms with E-state index in [2.05, 4.69) is 20.8 Å². The fourth-order valence-electron chi connectivity index (χ4n) is 1.55. The molecule has 0 aromatic carbocycles. The van der Waals surface area contributed by atoms with E-state index < -0.39 is 0 Å². The highest BCUT2D eigenvalue weighted by Crippen LogP contribution is 2.12. The lowest BCUT2D eigenvalue weighted by Crippen LogP contribution is -2.44. The second-order valence-corrected chi connectivity index (χ2v) is 3.95. The first-order valence-electron chi connectivity index (χ1n) is 5.22. The van der Waals surface area contributed by atoms with E-state index >= 15 is 0 Å². The molecule has 88 valence electrons. The summed E-state index contributed by atoms with van der Waals surface area (Å²) in [7, 11) is 0. The van der Waals surface area contributed by atoms with E-state index in [0.717, 1.165) is 19.4 Å². The van der Waals surface area contributed by atoms with Crippen LogP contribution in [0.4, 0.5) is 6.01 Å². The molecule has 1 unspecified atom stereocenters. The van der Waals surface area contributed by atoms with E-state index in [9.17, 15) is 4.79 Å². The van der Waals surface area contributed by atoms with Gasteiger partial charge < -0.3 is 15.1 Å². The van der Waals surface area contributed by atoms with Crippen LogP contribution in [-0.4, -0.2) is 34.6 Å². The van der Waals surface area contributed by atoms with Crippen LogP contribution >= 0.6 is 11.6 Å². The summed E-state index contributed by atoms with van der Waals surface area (Å²) in [5.41, 5.74) is 0. The Kier molecular flexibility index (Phi) is 3.61. The van der Waals surface area contributed by atoms with Gasteiger partial charge in [-0.3, -0.25) is 4.79 Å². The lowest BCUT2D eigenvalue weighted by molar-refractivity contribution is -0.123. The van der Waals surface area contributed by atoms with Crippen LogP contribution in [0.2, 0.25) is 0 Å². The SMILES string of the molecule is O=C1NCCCC1Nc1nnc(CCCl)o1. The van der Waals surface area contributed by atoms with E-state index in [1.165, 1.54) is 0 Å². The molecule has 1 amide bonds. The molecule has 1 aromatic rings. The van der Waals surface area contributed by atoms with Crippen LogP contribution in [0.1, 0.15) is 18.7 Å². The normalized spacial score (nSPS) is 20.6. The molecule has 1 aromatic heterocycles. The van der Waals surface area contributed by atoms with E-state index in [1.807, 2.05) is 0 Å². The van der Waals surface area contributed by atoms with Gasteiger partial charge in [0.1, 0.15) is 6.04 Å². The van der Waals surface area contributed by atoms with E-state index in [-0.39, 0.29) is 18.0 Å². The lowest BCUT2D eigenvalue weighted by atomic mass is 10.1. The zero-order valence-corrected chi connectivity index (χ0v) is 9.46. The Bertz CT molecular complexity index is 368. The topological polar surface area (TPSA) is 80.0 Å². The average molecular weight is 245 g/mol. The van der Waals surface area contributed by atoms with Crippen LogP contribution in [0.5, 0.6) is 0 Å². The summed E-state index contributed by atoms with van der Waals surface area (Å²) in [5.74, 6) is 0.892. The first-order valence-corrected chi connectivity index (χ1v) is 5.75. The number of amides is 1. The van der Waals surface area contributed by atoms with Crippen molar-refractivity contribution in [1.82, 2.24) is 15.5 Å². The highest BCUT2D eigenvalue weighted by molar-refractivity contribution is 6.17. The predicted octanol–water partition coefficient (Wildman–Crippen LogP) is 0.541. The summed E-state index contributed by atoms with van der Waals surface area (Å²) < 4.78 is 5.28. The van der Waals surface area contributed by atoms with Crippen LogP contribution in [0.25, 0.3) is 0 Å². The number of anilines is 1. The number of nitrogens with one attached hydrogen (secondary N) is 2. The van der Waals surface area contributed by atoms with Crippen molar-refractivity contribution < 1.29 is 9.21 Å². The van der Waals surface area contributed by atoms with Gasteiger partial charge in [-0.1, -0.05) is 5.10 Å². The van der Waals surface area contributed by atoms with Gasteiger partial charge in [-0.05, 0) is 12.8 Å². The Labute approximate surface area is 97.7 Å². The number of halogens is 1. The highest BCUT2D eigenvalue weighted by Gasteiger charge is 2.23. The highest BCUT2D eigenvalue weighted by atomic mass is 35.5. The Morgan fingerprint density at radius 2 is 2.44 bits per heavy atom. The summed E-state index contributed by atoms with van der Waals surface area (Å²) in [6.45, 7) is 0.734. The number of nitrogens with zero attached hydrogens (tertiary/aromatic N) is 2. The maximum absolute atomic E-state index is 11.4. The number of carbonyl (C=O) groups is 1. The molecule has 0 saturated carbocycles. The van der Waals surface area contributed by atoms with Crippen LogP contribution in [0.3, 0.4) is 0 Å². The summed E-state index contributed by atoms with van der Waals surface area (Å²) >= 11 is 5.55. The Balaban J connectivity index is 1.94. The molecule has 2 N–H and O–H groups in total. The van der Waals surface area contributed by atoms with Crippen LogP contribution in [0.15, 0.2) is 4.42 Å². The third-order valence-corrected chi connectivity index (χ3v) is 2.55. The van der Waals surface area contributed by atoms with Gasteiger partial charge in [0, 0.05) is 18.8 Å². The van der Waals surface area contributed by atoms with Gasteiger partial charge in [0.25, 0.3) is 0 Å². The molecule has 1 saturated heterocycles. The minimum absolute atomic E-state index is 0.0247. The van der Waals surface area contributed by atoms with Gasteiger partial charge >= 0.3 is 6.01 Å². The molecule has 2 rings (SSSR count). The first kappa shape index (κ1) is 11.2. The van der Waals surface area contributed by atoms with E-state index in [4.69, 9.17) is 16.0 Å². The minimum atomic E-state index is -0.280. The molecule has 16 heavy (non-hydrogen) atoms. The number of piperidine rings is 1. The van der Waals surface area contributed by atoms with Gasteiger partial charge in [0.15, 0.2) is 0 Å². The quantitative estimate of drug-likeness (QED) is 0.756. The molecule has 7 heteroatoms. The monoisotopic (exact) mass is 244 g/mol. The summed E-state index contributed by atoms with van der Waals surface area (Å²) in [5, 5.41) is 13.3. The number of hydrogen-bond acceptors (Lipinski definition) is 5. The summed E-state index contributed by atoms with van der Waals surface area (Å²) in [6.07, 6.45) is 2.26. The fraction of sp³-hybridized carbons (Fsp3) is 0.667. The molecule has 1 aliphatic rings. The van der Waals surface area contributed by atoms with Crippen molar-refractivity contribution in [1.29, 1.82) is 0 Å². The molecule has 1 atom stereocenters. The number of aryl methyl sites for hydroxylation is 1. The minimum Gasteiger partial charge on any atom is -0.408 e. The average Bonchev–Trinajstić information content (AvgIpc) is 2.70. The third-order valence-electron chi connectivity index (χ3n) is 2.36. The van der Waals surface area contributed by atoms with Gasteiger partial charge in [-0.2, -0.15) is 0 Å². The van der Waals surface area contributed by atoms with Gasteiger partial charge in [0.2, 0.25) is 11.8 Å². The first-order chi connectivity index (χ1) is 7.79. The Morgan fingerprint density at radius 1 is 1.56 bits per heavy atom. The van der Waals surface area contributed by atoms with Crippen LogP contribution < -0.4 is 10.6 Å². The summed E-state index contributed by atoms with van der Waals surface area (Å²) in [6, 6.07) is 0.000202. The number of rotatable bonds is 4. The van der Waals surface area contributed by atoms with Crippen LogP contribution in [-0.2, 0) is 11.2 Å². The molecule has 6 nitrogen and oxygen atoms in total. The molecule has 1 fully saturated rings. The number of alkyl halides is 1. The van der Waals surface area contributed by atoms with Crippen molar-refractivity contribution in [3.05, 3.63) is 5.89 Å². The number of carbonyl (C=O) groups excluding carboxylic acids is 1. The molecule has 2 heterocycles. The molecular formula is C9H13ClN4O2. The van der Waals surface area contributed by atoms with Gasteiger partial charge in [-0.25, -0.2) is 0 Å². The van der Waals surface area contributed by atoms with Crippen molar-refractivity contribution in [3.8, 4) is 0 Å². The molecule has 0 aliphatic carbocycles. The fourth-order valence-corrected chi connectivity index (χ4v) is 1.71. The van der Waals surface area contributed by atoms with Crippen molar-refractivity contribution in [3.63, 3.8) is 0 Å². The molecule has 0 radical (unpaired) electrons. The molecule has 0 bridgehead atoms. The van der Waals surface area contributed by atoms with Gasteiger partial charge in [0.05, 0.1) is 0 Å². The maximum atomic E-state index is 11.4. The Hall–Kier alpha value is -1.30. The molecule has 1 aliphatic heterocycles. The zero-order valence-electron chi connectivity index (χ0n) is 8.70. The third kappa shape index (κ3) is 2.63. The van der Waals surface area contributed by atoms with Crippen molar-refractivity contribution >= 4 is 23.5 Å². The second kappa shape index (κ2) is 5.16. The van der Waals surface area contributed by atoms with E-state index in [1.54, 1.807) is 0 Å². The smallest absolute Gasteiger partial charge is 0.316 e. The predicted molar refractivity (Wildman–Crippen MR) is 58.4 cm³/mol. The van der Waals surface area contributed by atoms with Crippen molar-refractivity contribution in [2.24, 2.45) is 0 Å². The van der Waals surface area contributed by atoms with Crippen molar-refractivity contribution in [2.45, 2.75) is 25.3 Å². The standard InChI is InChI=1S/C9H13ClN4O2/c10-4-3-7-13-14-9(16-7)12-6-2-1-5-11-8(6)15/h6H,1-5H2,(H,11,15)(H,12,14).